The summed E-state index contributed by atoms with van der Waals surface area (Å²) >= 11 is 0. The van der Waals surface area contributed by atoms with Crippen molar-refractivity contribution in [1.29, 1.82) is 0 Å². The first kappa shape index (κ1) is 11.0. The molecule has 14 heavy (non-hydrogen) atoms. The third kappa shape index (κ3) is 2.48. The molecule has 1 heterocycles. The number of rotatable bonds is 2. The second kappa shape index (κ2) is 3.28. The fraction of sp³-hybridized carbons (Fsp3) is 0. The predicted molar refractivity (Wildman–Crippen MR) is 40.2 cm³/mol. The zero-order valence-corrected chi connectivity index (χ0v) is 8.08. The van der Waals surface area contributed by atoms with Crippen molar-refractivity contribution in [1.82, 2.24) is 4.98 Å². The standard InChI is InChI=1S/C5H5NO6S2/c7-13(8,9)4-1-2-5(6-3-4)14(10,11)12/h1-3H,(H,7,8,9)(H,10,11,12)/p-2. The average Bonchev–Trinajstić information content (AvgIpc) is 2.01. The fourth-order valence-corrected chi connectivity index (χ4v) is 1.50. The van der Waals surface area contributed by atoms with Crippen LogP contribution >= 0.6 is 0 Å². The van der Waals surface area contributed by atoms with Crippen molar-refractivity contribution in [3.63, 3.8) is 0 Å². The van der Waals surface area contributed by atoms with Crippen LogP contribution in [-0.4, -0.2) is 30.9 Å². The molecule has 0 amide bonds. The van der Waals surface area contributed by atoms with E-state index in [1.54, 1.807) is 0 Å². The zero-order valence-electron chi connectivity index (χ0n) is 6.45. The number of hydrogen-bond acceptors (Lipinski definition) is 7. The lowest BCUT2D eigenvalue weighted by Gasteiger charge is -2.08. The van der Waals surface area contributed by atoms with Crippen LogP contribution in [0.15, 0.2) is 28.3 Å². The summed E-state index contributed by atoms with van der Waals surface area (Å²) in [5, 5.41) is -0.829. The summed E-state index contributed by atoms with van der Waals surface area (Å²) in [7, 11) is -9.40. The van der Waals surface area contributed by atoms with E-state index >= 15 is 0 Å². The summed E-state index contributed by atoms with van der Waals surface area (Å²) in [6, 6.07) is 1.37. The van der Waals surface area contributed by atoms with Gasteiger partial charge in [-0.05, 0) is 12.1 Å². The Bertz CT molecular complexity index is 477. The zero-order chi connectivity index (χ0) is 11.0. The van der Waals surface area contributed by atoms with Gasteiger partial charge in [-0.2, -0.15) is 0 Å². The molecule has 0 saturated carbocycles. The van der Waals surface area contributed by atoms with E-state index in [0.717, 1.165) is 0 Å². The maximum absolute atomic E-state index is 10.4. The molecule has 9 heteroatoms. The molecular formula is C5H3NO6S2-2. The number of hydrogen-bond donors (Lipinski definition) is 0. The van der Waals surface area contributed by atoms with Crippen LogP contribution < -0.4 is 0 Å². The highest BCUT2D eigenvalue weighted by Crippen LogP contribution is 2.09. The maximum atomic E-state index is 10.4. The Labute approximate surface area is 79.9 Å². The normalized spacial score (nSPS) is 12.7. The molecule has 1 aromatic heterocycles. The topological polar surface area (TPSA) is 127 Å². The van der Waals surface area contributed by atoms with E-state index in [0.29, 0.717) is 18.3 Å². The molecule has 0 unspecified atom stereocenters. The third-order valence-electron chi connectivity index (χ3n) is 1.25. The molecule has 0 aliphatic heterocycles. The smallest absolute Gasteiger partial charge is 0.142 e. The number of nitrogens with zero attached hydrogens (tertiary/aromatic N) is 1. The molecule has 0 N–H and O–H groups in total. The van der Waals surface area contributed by atoms with Crippen molar-refractivity contribution < 1.29 is 25.9 Å². The molecule has 0 atom stereocenters. The van der Waals surface area contributed by atoms with E-state index < -0.39 is 30.2 Å². The monoisotopic (exact) mass is 237 g/mol. The SMILES string of the molecule is O=S(=O)([O-])c1ccc(S(=O)(=O)[O-])nc1. The average molecular weight is 237 g/mol. The molecule has 0 saturated heterocycles. The molecule has 1 rings (SSSR count). The van der Waals surface area contributed by atoms with Crippen molar-refractivity contribution in [2.45, 2.75) is 9.92 Å². The highest BCUT2D eigenvalue weighted by atomic mass is 32.2. The van der Waals surface area contributed by atoms with Gasteiger partial charge in [0.1, 0.15) is 25.3 Å². The van der Waals surface area contributed by atoms with Crippen molar-refractivity contribution in [2.75, 3.05) is 0 Å². The molecule has 1 aromatic rings. The van der Waals surface area contributed by atoms with Gasteiger partial charge in [0.05, 0.1) is 4.90 Å². The molecular weight excluding hydrogens is 234 g/mol. The lowest BCUT2D eigenvalue weighted by Crippen LogP contribution is -2.04. The lowest BCUT2D eigenvalue weighted by molar-refractivity contribution is 0.455. The second-order valence-corrected chi connectivity index (χ2v) is 4.95. The van der Waals surface area contributed by atoms with Crippen molar-refractivity contribution in [3.05, 3.63) is 18.3 Å². The van der Waals surface area contributed by atoms with Gasteiger partial charge in [-0.1, -0.05) is 0 Å². The molecule has 7 nitrogen and oxygen atoms in total. The predicted octanol–water partition coefficient (Wildman–Crippen LogP) is -1.11. The van der Waals surface area contributed by atoms with Gasteiger partial charge in [-0.3, -0.25) is 0 Å². The third-order valence-corrected chi connectivity index (χ3v) is 2.83. The lowest BCUT2D eigenvalue weighted by atomic mass is 10.5. The molecule has 78 valence electrons. The Balaban J connectivity index is 3.28. The first-order chi connectivity index (χ1) is 6.21. The minimum Gasteiger partial charge on any atom is -0.744 e. The summed E-state index contributed by atoms with van der Waals surface area (Å²) in [6.07, 6.45) is 0.521. The minimum atomic E-state index is -4.72. The van der Waals surface area contributed by atoms with Gasteiger partial charge in [0.15, 0.2) is 0 Å². The molecule has 0 aliphatic carbocycles. The van der Waals surface area contributed by atoms with Crippen LogP contribution in [0.5, 0.6) is 0 Å². The van der Waals surface area contributed by atoms with Gasteiger partial charge in [0.2, 0.25) is 0 Å². The van der Waals surface area contributed by atoms with Gasteiger partial charge in [0, 0.05) is 6.20 Å². The Hall–Kier alpha value is -1.03. The van der Waals surface area contributed by atoms with E-state index in [4.69, 9.17) is 0 Å². The van der Waals surface area contributed by atoms with Gasteiger partial charge in [-0.15, -0.1) is 0 Å². The van der Waals surface area contributed by atoms with Gasteiger partial charge in [-0.25, -0.2) is 21.8 Å². The molecule has 0 spiro atoms. The van der Waals surface area contributed by atoms with Gasteiger partial charge >= 0.3 is 0 Å². The van der Waals surface area contributed by atoms with Crippen LogP contribution in [-0.2, 0) is 20.2 Å². The first-order valence-electron chi connectivity index (χ1n) is 3.09. The highest BCUT2D eigenvalue weighted by Gasteiger charge is 2.05. The van der Waals surface area contributed by atoms with Crippen molar-refractivity contribution in [2.24, 2.45) is 0 Å². The van der Waals surface area contributed by atoms with Gasteiger partial charge < -0.3 is 9.11 Å². The number of pyridine rings is 1. The molecule has 0 aromatic carbocycles. The molecule has 0 radical (unpaired) electrons. The van der Waals surface area contributed by atoms with E-state index in [-0.39, 0.29) is 0 Å². The maximum Gasteiger partial charge on any atom is 0.142 e. The van der Waals surface area contributed by atoms with Crippen LogP contribution in [0.4, 0.5) is 0 Å². The van der Waals surface area contributed by atoms with Crippen LogP contribution in [0.3, 0.4) is 0 Å². The molecule has 0 aliphatic rings. The first-order valence-corrected chi connectivity index (χ1v) is 5.91. The van der Waals surface area contributed by atoms with E-state index in [1.807, 2.05) is 0 Å². The summed E-state index contributed by atoms with van der Waals surface area (Å²) < 4.78 is 62.2. The van der Waals surface area contributed by atoms with Crippen molar-refractivity contribution in [3.8, 4) is 0 Å². The van der Waals surface area contributed by atoms with E-state index in [9.17, 15) is 25.9 Å². The highest BCUT2D eigenvalue weighted by molar-refractivity contribution is 7.86. The van der Waals surface area contributed by atoms with E-state index in [2.05, 4.69) is 4.98 Å². The minimum absolute atomic E-state index is 0.521. The largest absolute Gasteiger partial charge is 0.744 e. The van der Waals surface area contributed by atoms with Crippen LogP contribution in [0.2, 0.25) is 0 Å². The quantitative estimate of drug-likeness (QED) is 0.596. The Kier molecular flexibility index (Phi) is 2.58. The summed E-state index contributed by atoms with van der Waals surface area (Å²) in [4.78, 5) is 2.35. The Morgan fingerprint density at radius 1 is 1.00 bits per heavy atom. The van der Waals surface area contributed by atoms with Crippen LogP contribution in [0.25, 0.3) is 0 Å². The Morgan fingerprint density at radius 3 is 1.86 bits per heavy atom. The van der Waals surface area contributed by atoms with Gasteiger partial charge in [0.25, 0.3) is 0 Å². The fourth-order valence-electron chi connectivity index (χ4n) is 0.662. The molecule has 0 bridgehead atoms. The summed E-state index contributed by atoms with van der Waals surface area (Å²) in [5.74, 6) is 0. The van der Waals surface area contributed by atoms with E-state index in [1.165, 1.54) is 0 Å². The van der Waals surface area contributed by atoms with Crippen molar-refractivity contribution >= 4 is 20.2 Å². The molecule has 0 fully saturated rings. The van der Waals surface area contributed by atoms with Crippen LogP contribution in [0, 0.1) is 0 Å². The van der Waals surface area contributed by atoms with Crippen LogP contribution in [0.1, 0.15) is 0 Å². The summed E-state index contributed by atoms with van der Waals surface area (Å²) in [5.41, 5.74) is 0. The summed E-state index contributed by atoms with van der Waals surface area (Å²) in [6.45, 7) is 0. The number of aromatic nitrogens is 1. The Morgan fingerprint density at radius 2 is 1.57 bits per heavy atom. The second-order valence-electron chi connectivity index (χ2n) is 2.24.